The Morgan fingerprint density at radius 2 is 1.92 bits per heavy atom. The molecule has 0 aromatic rings. The Bertz CT molecular complexity index is 242. The molecule has 1 spiro atoms. The molecule has 4 nitrogen and oxygen atoms in total. The lowest BCUT2D eigenvalue weighted by molar-refractivity contribution is -0.253. The molecule has 0 radical (unpaired) electrons. The average molecular weight is 184 g/mol. The highest BCUT2D eigenvalue weighted by molar-refractivity contribution is 5.93. The van der Waals surface area contributed by atoms with Crippen LogP contribution in [0.15, 0.2) is 0 Å². The zero-order valence-corrected chi connectivity index (χ0v) is 7.54. The highest BCUT2D eigenvalue weighted by atomic mass is 16.7. The van der Waals surface area contributed by atoms with Gasteiger partial charge < -0.3 is 9.47 Å². The van der Waals surface area contributed by atoms with Crippen LogP contribution >= 0.6 is 0 Å². The molecule has 2 aliphatic rings. The van der Waals surface area contributed by atoms with Gasteiger partial charge in [0.15, 0.2) is 0 Å². The number of carbonyl (C=O) groups excluding carboxylic acids is 2. The molecule has 13 heavy (non-hydrogen) atoms. The molecule has 1 unspecified atom stereocenters. The summed E-state index contributed by atoms with van der Waals surface area (Å²) in [7, 11) is 0. The summed E-state index contributed by atoms with van der Waals surface area (Å²) in [5.74, 6) is -1.71. The van der Waals surface area contributed by atoms with Gasteiger partial charge in [0.1, 0.15) is 6.42 Å². The van der Waals surface area contributed by atoms with E-state index in [9.17, 15) is 9.59 Å². The van der Waals surface area contributed by atoms with E-state index in [1.165, 1.54) is 0 Å². The molecule has 1 aliphatic carbocycles. The minimum Gasteiger partial charge on any atom is -0.422 e. The monoisotopic (exact) mass is 184 g/mol. The fourth-order valence-corrected chi connectivity index (χ4v) is 2.02. The summed E-state index contributed by atoms with van der Waals surface area (Å²) in [6, 6.07) is 0. The molecule has 0 bridgehead atoms. The first-order valence-corrected chi connectivity index (χ1v) is 4.56. The van der Waals surface area contributed by atoms with Gasteiger partial charge >= 0.3 is 11.9 Å². The maximum absolute atomic E-state index is 11.1. The van der Waals surface area contributed by atoms with Crippen LogP contribution in [0.25, 0.3) is 0 Å². The standard InChI is InChI=1S/C9H12O4/c1-6-3-2-4-9(6)12-7(10)5-8(11)13-9/h6H,2-5H2,1H3. The van der Waals surface area contributed by atoms with E-state index in [-0.39, 0.29) is 12.3 Å². The van der Waals surface area contributed by atoms with Crippen molar-refractivity contribution in [1.82, 2.24) is 0 Å². The number of ether oxygens (including phenoxy) is 2. The molecule has 1 saturated carbocycles. The van der Waals surface area contributed by atoms with Crippen molar-refractivity contribution in [2.75, 3.05) is 0 Å². The van der Waals surface area contributed by atoms with Gasteiger partial charge in [0.2, 0.25) is 0 Å². The second kappa shape index (κ2) is 2.72. The first-order chi connectivity index (χ1) is 6.12. The van der Waals surface area contributed by atoms with Gasteiger partial charge in [0, 0.05) is 12.3 Å². The Kier molecular flexibility index (Phi) is 1.78. The largest absolute Gasteiger partial charge is 0.422 e. The Labute approximate surface area is 76.2 Å². The molecular formula is C9H12O4. The van der Waals surface area contributed by atoms with Gasteiger partial charge in [0.25, 0.3) is 5.79 Å². The predicted molar refractivity (Wildman–Crippen MR) is 42.5 cm³/mol. The number of esters is 2. The summed E-state index contributed by atoms with van der Waals surface area (Å²) < 4.78 is 10.3. The topological polar surface area (TPSA) is 52.6 Å². The summed E-state index contributed by atoms with van der Waals surface area (Å²) in [6.45, 7) is 1.94. The van der Waals surface area contributed by atoms with E-state index in [4.69, 9.17) is 9.47 Å². The van der Waals surface area contributed by atoms with Crippen LogP contribution < -0.4 is 0 Å². The summed E-state index contributed by atoms with van der Waals surface area (Å²) in [5, 5.41) is 0. The third-order valence-corrected chi connectivity index (χ3v) is 2.78. The minimum absolute atomic E-state index is 0.126. The van der Waals surface area contributed by atoms with Gasteiger partial charge in [-0.1, -0.05) is 6.92 Å². The third-order valence-electron chi connectivity index (χ3n) is 2.78. The van der Waals surface area contributed by atoms with E-state index in [1.54, 1.807) is 0 Å². The van der Waals surface area contributed by atoms with Crippen molar-refractivity contribution < 1.29 is 19.1 Å². The third kappa shape index (κ3) is 1.30. The smallest absolute Gasteiger partial charge is 0.320 e. The first-order valence-electron chi connectivity index (χ1n) is 4.56. The lowest BCUT2D eigenvalue weighted by atomic mass is 10.0. The van der Waals surface area contributed by atoms with Crippen LogP contribution in [-0.4, -0.2) is 17.7 Å². The predicted octanol–water partition coefficient (Wildman–Crippen LogP) is 0.993. The number of hydrogen-bond donors (Lipinski definition) is 0. The summed E-state index contributed by atoms with van der Waals surface area (Å²) in [6.07, 6.45) is 2.29. The molecule has 1 saturated heterocycles. The van der Waals surface area contributed by atoms with Crippen molar-refractivity contribution in [2.24, 2.45) is 5.92 Å². The number of hydrogen-bond acceptors (Lipinski definition) is 4. The van der Waals surface area contributed by atoms with Gasteiger partial charge in [-0.2, -0.15) is 0 Å². The van der Waals surface area contributed by atoms with Crippen molar-refractivity contribution in [3.63, 3.8) is 0 Å². The molecule has 1 aliphatic heterocycles. The molecule has 0 aromatic carbocycles. The molecule has 72 valence electrons. The Hall–Kier alpha value is -1.06. The summed E-state index contributed by atoms with van der Waals surface area (Å²) >= 11 is 0. The van der Waals surface area contributed by atoms with Gasteiger partial charge in [-0.05, 0) is 12.8 Å². The molecule has 1 atom stereocenters. The van der Waals surface area contributed by atoms with Gasteiger partial charge in [-0.15, -0.1) is 0 Å². The SMILES string of the molecule is CC1CCCC12OC(=O)CC(=O)O2. The lowest BCUT2D eigenvalue weighted by Gasteiger charge is -2.35. The van der Waals surface area contributed by atoms with Crippen molar-refractivity contribution in [3.05, 3.63) is 0 Å². The fourth-order valence-electron chi connectivity index (χ4n) is 2.02. The van der Waals surface area contributed by atoms with Gasteiger partial charge in [0.05, 0.1) is 0 Å². The normalized spacial score (nSPS) is 31.6. The first kappa shape index (κ1) is 8.53. The van der Waals surface area contributed by atoms with E-state index in [2.05, 4.69) is 0 Å². The number of rotatable bonds is 0. The quantitative estimate of drug-likeness (QED) is 0.416. The maximum atomic E-state index is 11.1. The van der Waals surface area contributed by atoms with Crippen LogP contribution in [0, 0.1) is 5.92 Å². The molecule has 0 N–H and O–H groups in total. The van der Waals surface area contributed by atoms with Crippen LogP contribution in [0.2, 0.25) is 0 Å². The van der Waals surface area contributed by atoms with E-state index in [0.29, 0.717) is 6.42 Å². The van der Waals surface area contributed by atoms with Crippen LogP contribution in [0.5, 0.6) is 0 Å². The summed E-state index contributed by atoms with van der Waals surface area (Å²) in [4.78, 5) is 22.1. The van der Waals surface area contributed by atoms with Crippen molar-refractivity contribution in [2.45, 2.75) is 38.4 Å². The highest BCUT2D eigenvalue weighted by Crippen LogP contribution is 2.41. The molecule has 2 rings (SSSR count). The fraction of sp³-hybridized carbons (Fsp3) is 0.778. The van der Waals surface area contributed by atoms with Crippen molar-refractivity contribution >= 4 is 11.9 Å². The van der Waals surface area contributed by atoms with E-state index in [1.807, 2.05) is 6.92 Å². The highest BCUT2D eigenvalue weighted by Gasteiger charge is 2.50. The lowest BCUT2D eigenvalue weighted by Crippen LogP contribution is -2.46. The zero-order chi connectivity index (χ0) is 9.47. The molecule has 4 heteroatoms. The van der Waals surface area contributed by atoms with E-state index in [0.717, 1.165) is 12.8 Å². The van der Waals surface area contributed by atoms with Crippen molar-refractivity contribution in [1.29, 1.82) is 0 Å². The van der Waals surface area contributed by atoms with Gasteiger partial charge in [-0.25, -0.2) is 0 Å². The number of carbonyl (C=O) groups is 2. The van der Waals surface area contributed by atoms with Crippen molar-refractivity contribution in [3.8, 4) is 0 Å². The van der Waals surface area contributed by atoms with Crippen LogP contribution in [0.1, 0.15) is 32.6 Å². The van der Waals surface area contributed by atoms with Crippen LogP contribution in [-0.2, 0) is 19.1 Å². The second-order valence-corrected chi connectivity index (χ2v) is 3.73. The molecular weight excluding hydrogens is 172 g/mol. The molecule has 0 amide bonds. The average Bonchev–Trinajstić information content (AvgIpc) is 2.30. The molecule has 0 aromatic heterocycles. The summed E-state index contributed by atoms with van der Waals surface area (Å²) in [5.41, 5.74) is 0. The molecule has 1 heterocycles. The van der Waals surface area contributed by atoms with E-state index >= 15 is 0 Å². The van der Waals surface area contributed by atoms with Gasteiger partial charge in [-0.3, -0.25) is 9.59 Å². The Morgan fingerprint density at radius 3 is 2.38 bits per heavy atom. The minimum atomic E-state index is -0.924. The second-order valence-electron chi connectivity index (χ2n) is 3.73. The zero-order valence-electron chi connectivity index (χ0n) is 7.54. The van der Waals surface area contributed by atoms with Crippen LogP contribution in [0.3, 0.4) is 0 Å². The molecule has 2 fully saturated rings. The maximum Gasteiger partial charge on any atom is 0.320 e. The van der Waals surface area contributed by atoms with E-state index < -0.39 is 17.7 Å². The Balaban J connectivity index is 2.21. The van der Waals surface area contributed by atoms with Crippen LogP contribution in [0.4, 0.5) is 0 Å². The Morgan fingerprint density at radius 1 is 1.31 bits per heavy atom.